The van der Waals surface area contributed by atoms with E-state index < -0.39 is 36.9 Å². The maximum atomic E-state index is 13.3. The molecule has 0 aliphatic carbocycles. The van der Waals surface area contributed by atoms with Crippen molar-refractivity contribution in [2.45, 2.75) is 19.4 Å². The van der Waals surface area contributed by atoms with Crippen LogP contribution in [0.2, 0.25) is 0 Å². The molecule has 1 rings (SSSR count). The molecule has 0 atom stereocenters. The lowest BCUT2D eigenvalue weighted by Gasteiger charge is -2.09. The Kier molecular flexibility index (Phi) is 3.83. The number of halogens is 3. The summed E-state index contributed by atoms with van der Waals surface area (Å²) in [5.74, 6) is -2.23. The second kappa shape index (κ2) is 4.93. The first-order valence-electron chi connectivity index (χ1n) is 4.34. The lowest BCUT2D eigenvalue weighted by atomic mass is 10.1. The van der Waals surface area contributed by atoms with E-state index in [1.54, 1.807) is 0 Å². The third kappa shape index (κ3) is 2.69. The van der Waals surface area contributed by atoms with Crippen molar-refractivity contribution in [2.75, 3.05) is 0 Å². The van der Waals surface area contributed by atoms with Crippen LogP contribution < -0.4 is 5.73 Å². The third-order valence-corrected chi connectivity index (χ3v) is 1.90. The molecule has 0 saturated heterocycles. The molecule has 0 unspecified atom stereocenters. The summed E-state index contributed by atoms with van der Waals surface area (Å²) in [5, 5.41) is 8.44. The molecule has 3 N–H and O–H groups in total. The van der Waals surface area contributed by atoms with Gasteiger partial charge in [0.05, 0.1) is 12.1 Å². The minimum atomic E-state index is -2.98. The number of rotatable bonds is 4. The molecular formula is C9H9F3N2O2. The zero-order valence-corrected chi connectivity index (χ0v) is 8.08. The van der Waals surface area contributed by atoms with E-state index in [9.17, 15) is 18.0 Å². The Morgan fingerprint density at radius 2 is 2.19 bits per heavy atom. The minimum Gasteiger partial charge on any atom is -0.481 e. The number of aromatic nitrogens is 1. The predicted molar refractivity (Wildman–Crippen MR) is 48.4 cm³/mol. The molecular weight excluding hydrogens is 225 g/mol. The number of pyridine rings is 1. The summed E-state index contributed by atoms with van der Waals surface area (Å²) >= 11 is 0. The molecule has 0 aliphatic rings. The van der Waals surface area contributed by atoms with Gasteiger partial charge in [0.2, 0.25) is 0 Å². The van der Waals surface area contributed by atoms with E-state index in [1.807, 2.05) is 0 Å². The fraction of sp³-hybridized carbons (Fsp3) is 0.333. The molecule has 1 aromatic rings. The number of carboxylic acid groups (broad SMARTS) is 1. The van der Waals surface area contributed by atoms with Gasteiger partial charge in [0.1, 0.15) is 11.5 Å². The number of nitrogens with two attached hydrogens (primary N) is 1. The van der Waals surface area contributed by atoms with Crippen molar-refractivity contribution in [3.8, 4) is 0 Å². The summed E-state index contributed by atoms with van der Waals surface area (Å²) in [6, 6.07) is 0.808. The number of aliphatic carboxylic acids is 1. The van der Waals surface area contributed by atoms with Gasteiger partial charge in [0.25, 0.3) is 6.43 Å². The van der Waals surface area contributed by atoms with E-state index in [2.05, 4.69) is 4.98 Å². The molecule has 0 aliphatic heterocycles. The molecule has 7 heteroatoms. The van der Waals surface area contributed by atoms with Gasteiger partial charge >= 0.3 is 5.97 Å². The Morgan fingerprint density at radius 3 is 2.62 bits per heavy atom. The minimum absolute atomic E-state index is 0.252. The molecule has 0 bridgehead atoms. The highest BCUT2D eigenvalue weighted by molar-refractivity contribution is 5.69. The highest BCUT2D eigenvalue weighted by Gasteiger charge is 2.19. The first-order valence-corrected chi connectivity index (χ1v) is 4.34. The van der Waals surface area contributed by atoms with Gasteiger partial charge in [-0.25, -0.2) is 13.2 Å². The average Bonchev–Trinajstić information content (AvgIpc) is 2.15. The van der Waals surface area contributed by atoms with Crippen molar-refractivity contribution in [1.29, 1.82) is 0 Å². The molecule has 0 saturated carbocycles. The molecule has 0 spiro atoms. The summed E-state index contributed by atoms with van der Waals surface area (Å²) < 4.78 is 38.2. The van der Waals surface area contributed by atoms with Crippen LogP contribution in [0.3, 0.4) is 0 Å². The molecule has 1 aromatic heterocycles. The van der Waals surface area contributed by atoms with Crippen LogP contribution in [-0.2, 0) is 17.8 Å². The van der Waals surface area contributed by atoms with Gasteiger partial charge in [-0.05, 0) is 6.07 Å². The maximum absolute atomic E-state index is 13.3. The van der Waals surface area contributed by atoms with Gasteiger partial charge in [0, 0.05) is 12.1 Å². The fourth-order valence-corrected chi connectivity index (χ4v) is 1.24. The van der Waals surface area contributed by atoms with E-state index in [4.69, 9.17) is 10.8 Å². The van der Waals surface area contributed by atoms with Gasteiger partial charge in [-0.1, -0.05) is 0 Å². The van der Waals surface area contributed by atoms with Crippen LogP contribution in [0.4, 0.5) is 13.2 Å². The Bertz CT molecular complexity index is 410. The van der Waals surface area contributed by atoms with E-state index in [-0.39, 0.29) is 11.3 Å². The predicted octanol–water partition coefficient (Wildman–Crippen LogP) is 1.24. The third-order valence-electron chi connectivity index (χ3n) is 1.90. The number of carbonyl (C=O) groups is 1. The number of hydrogen-bond donors (Lipinski definition) is 2. The van der Waals surface area contributed by atoms with Crippen LogP contribution in [-0.4, -0.2) is 16.1 Å². The Balaban J connectivity index is 3.22. The fourth-order valence-electron chi connectivity index (χ4n) is 1.24. The van der Waals surface area contributed by atoms with Gasteiger partial charge in [0.15, 0.2) is 0 Å². The topological polar surface area (TPSA) is 76.2 Å². The molecule has 0 fully saturated rings. The van der Waals surface area contributed by atoms with Crippen LogP contribution in [0.25, 0.3) is 0 Å². The first kappa shape index (κ1) is 12.4. The van der Waals surface area contributed by atoms with Crippen LogP contribution >= 0.6 is 0 Å². The monoisotopic (exact) mass is 234 g/mol. The van der Waals surface area contributed by atoms with E-state index >= 15 is 0 Å². The van der Waals surface area contributed by atoms with Crippen LogP contribution in [0.15, 0.2) is 6.07 Å². The zero-order valence-electron chi connectivity index (χ0n) is 8.08. The van der Waals surface area contributed by atoms with E-state index in [0.717, 1.165) is 6.07 Å². The van der Waals surface area contributed by atoms with E-state index in [0.29, 0.717) is 0 Å². The Morgan fingerprint density at radius 1 is 1.56 bits per heavy atom. The SMILES string of the molecule is NCc1c(F)cc(CC(=O)O)nc1C(F)F. The van der Waals surface area contributed by atoms with Gasteiger partial charge in [-0.3, -0.25) is 9.78 Å². The summed E-state index contributed by atoms with van der Waals surface area (Å²) in [4.78, 5) is 13.7. The van der Waals surface area contributed by atoms with Crippen molar-refractivity contribution in [2.24, 2.45) is 5.73 Å². The Hall–Kier alpha value is -1.63. The largest absolute Gasteiger partial charge is 0.481 e. The second-order valence-electron chi connectivity index (χ2n) is 3.03. The summed E-state index contributed by atoms with van der Waals surface area (Å²) in [7, 11) is 0. The number of nitrogens with zero attached hydrogens (tertiary/aromatic N) is 1. The molecule has 0 radical (unpaired) electrons. The smallest absolute Gasteiger partial charge is 0.309 e. The van der Waals surface area contributed by atoms with Crippen molar-refractivity contribution >= 4 is 5.97 Å². The maximum Gasteiger partial charge on any atom is 0.309 e. The molecule has 0 amide bonds. The standard InChI is InChI=1S/C9H9F3N2O2/c10-6-1-4(2-7(15)16)14-8(9(11)12)5(6)3-13/h1,9H,2-3,13H2,(H,15,16). The highest BCUT2D eigenvalue weighted by Crippen LogP contribution is 2.23. The average molecular weight is 234 g/mol. The van der Waals surface area contributed by atoms with Crippen molar-refractivity contribution < 1.29 is 23.1 Å². The van der Waals surface area contributed by atoms with Gasteiger partial charge in [-0.2, -0.15) is 0 Å². The molecule has 0 aromatic carbocycles. The first-order chi connectivity index (χ1) is 7.45. The van der Waals surface area contributed by atoms with Crippen molar-refractivity contribution in [1.82, 2.24) is 4.98 Å². The molecule has 1 heterocycles. The van der Waals surface area contributed by atoms with Crippen LogP contribution in [0, 0.1) is 5.82 Å². The van der Waals surface area contributed by atoms with Gasteiger partial charge in [-0.15, -0.1) is 0 Å². The molecule has 16 heavy (non-hydrogen) atoms. The lowest BCUT2D eigenvalue weighted by molar-refractivity contribution is -0.136. The lowest BCUT2D eigenvalue weighted by Crippen LogP contribution is -2.11. The molecule has 4 nitrogen and oxygen atoms in total. The Labute approximate surface area is 88.9 Å². The van der Waals surface area contributed by atoms with Gasteiger partial charge < -0.3 is 10.8 Å². The quantitative estimate of drug-likeness (QED) is 0.821. The summed E-state index contributed by atoms with van der Waals surface area (Å²) in [5.41, 5.74) is 3.68. The number of hydrogen-bond acceptors (Lipinski definition) is 3. The van der Waals surface area contributed by atoms with E-state index in [1.165, 1.54) is 0 Å². The number of alkyl halides is 2. The van der Waals surface area contributed by atoms with Crippen molar-refractivity contribution in [3.63, 3.8) is 0 Å². The van der Waals surface area contributed by atoms with Crippen LogP contribution in [0.5, 0.6) is 0 Å². The second-order valence-corrected chi connectivity index (χ2v) is 3.03. The summed E-state index contributed by atoms with van der Waals surface area (Å²) in [6.07, 6.45) is -3.59. The van der Waals surface area contributed by atoms with Crippen molar-refractivity contribution in [3.05, 3.63) is 28.8 Å². The zero-order chi connectivity index (χ0) is 12.3. The normalized spacial score (nSPS) is 10.8. The summed E-state index contributed by atoms with van der Waals surface area (Å²) in [6.45, 7) is -0.411. The highest BCUT2D eigenvalue weighted by atomic mass is 19.3. The number of carboxylic acids is 1. The molecule has 88 valence electrons. The van der Waals surface area contributed by atoms with Crippen LogP contribution in [0.1, 0.15) is 23.4 Å².